The number of benzene rings is 9. The minimum absolute atomic E-state index is 0.936. The number of fused-ring (bicyclic) bond motifs is 15. The molecule has 0 atom stereocenters. The summed E-state index contributed by atoms with van der Waals surface area (Å²) in [6.45, 7) is 10.4. The summed E-state index contributed by atoms with van der Waals surface area (Å²) in [4.78, 5) is 0. The summed E-state index contributed by atoms with van der Waals surface area (Å²) in [5.74, 6) is 0. The van der Waals surface area contributed by atoms with Crippen LogP contribution < -0.4 is 20.7 Å². The Balaban J connectivity index is 1.07. The highest BCUT2D eigenvalue weighted by atomic mass is 28.3. The van der Waals surface area contributed by atoms with Crippen molar-refractivity contribution in [3.05, 3.63) is 182 Å². The zero-order chi connectivity index (χ0) is 41.5. The van der Waals surface area contributed by atoms with Gasteiger partial charge in [0.2, 0.25) is 0 Å². The summed E-state index contributed by atoms with van der Waals surface area (Å²) in [6.07, 6.45) is 0. The lowest BCUT2D eigenvalue weighted by molar-refractivity contribution is 0.670. The molecule has 2 aliphatic heterocycles. The predicted octanol–water partition coefficient (Wildman–Crippen LogP) is 13.8. The fourth-order valence-electron chi connectivity index (χ4n) is 11.4. The van der Waals surface area contributed by atoms with Crippen molar-refractivity contribution in [1.29, 1.82) is 0 Å². The van der Waals surface area contributed by atoms with E-state index in [1.54, 1.807) is 10.4 Å². The third-order valence-electron chi connectivity index (χ3n) is 14.2. The molecule has 0 saturated heterocycles. The Hall–Kier alpha value is -6.99. The molecule has 4 heterocycles. The molecule has 0 unspecified atom stereocenters. The van der Waals surface area contributed by atoms with E-state index in [2.05, 4.69) is 208 Å². The highest BCUT2D eigenvalue weighted by Crippen LogP contribution is 2.48. The van der Waals surface area contributed by atoms with Gasteiger partial charge in [0.05, 0.1) is 0 Å². The van der Waals surface area contributed by atoms with E-state index in [0.29, 0.717) is 0 Å². The largest absolute Gasteiger partial charge is 0.455 e. The highest BCUT2D eigenvalue weighted by molar-refractivity contribution is 7.13. The van der Waals surface area contributed by atoms with Crippen LogP contribution in [0.1, 0.15) is 0 Å². The van der Waals surface area contributed by atoms with Gasteiger partial charge in [-0.15, -0.1) is 0 Å². The first kappa shape index (κ1) is 35.7. The van der Waals surface area contributed by atoms with Crippen molar-refractivity contribution < 1.29 is 8.83 Å². The lowest BCUT2D eigenvalue weighted by atomic mass is 9.91. The van der Waals surface area contributed by atoms with Crippen LogP contribution in [0.2, 0.25) is 26.2 Å². The van der Waals surface area contributed by atoms with Gasteiger partial charge in [-0.25, -0.2) is 0 Å². The Morgan fingerprint density at radius 1 is 0.323 bits per heavy atom. The van der Waals surface area contributed by atoms with E-state index in [0.717, 1.165) is 22.3 Å². The van der Waals surface area contributed by atoms with Crippen LogP contribution in [0.15, 0.2) is 191 Å². The first-order valence-electron chi connectivity index (χ1n) is 21.8. The number of hydrogen-bond acceptors (Lipinski definition) is 2. The summed E-state index contributed by atoms with van der Waals surface area (Å²) < 4.78 is 13.9. The van der Waals surface area contributed by atoms with E-state index in [1.165, 1.54) is 98.7 Å². The molecule has 9 aromatic carbocycles. The molecule has 0 saturated carbocycles. The van der Waals surface area contributed by atoms with Crippen LogP contribution in [-0.4, -0.2) is 16.1 Å². The highest BCUT2D eigenvalue weighted by Gasteiger charge is 2.49. The van der Waals surface area contributed by atoms with Gasteiger partial charge in [-0.05, 0) is 101 Å². The predicted molar refractivity (Wildman–Crippen MR) is 267 cm³/mol. The first-order chi connectivity index (χ1) is 30.3. The molecular weight excluding hydrogens is 785 g/mol. The average molecular weight is 827 g/mol. The molecule has 62 heavy (non-hydrogen) atoms. The smallest absolute Gasteiger partial charge is 0.143 e. The van der Waals surface area contributed by atoms with Gasteiger partial charge >= 0.3 is 0 Å². The zero-order valence-corrected chi connectivity index (χ0v) is 37.1. The van der Waals surface area contributed by atoms with Crippen molar-refractivity contribution in [3.63, 3.8) is 0 Å². The molecule has 0 radical (unpaired) electrons. The van der Waals surface area contributed by atoms with Gasteiger partial charge in [0.15, 0.2) is 0 Å². The number of hydrogen-bond donors (Lipinski definition) is 0. The van der Waals surface area contributed by atoms with Crippen molar-refractivity contribution in [3.8, 4) is 66.8 Å². The van der Waals surface area contributed by atoms with E-state index in [1.807, 2.05) is 0 Å². The van der Waals surface area contributed by atoms with Crippen LogP contribution >= 0.6 is 0 Å². The van der Waals surface area contributed by atoms with Gasteiger partial charge in [-0.3, -0.25) is 0 Å². The summed E-state index contributed by atoms with van der Waals surface area (Å²) in [5.41, 5.74) is 18.9. The number of rotatable bonds is 4. The molecular formula is C58H42O2Si2. The Morgan fingerprint density at radius 3 is 1.13 bits per heavy atom. The van der Waals surface area contributed by atoms with Gasteiger partial charge in [-0.1, -0.05) is 184 Å². The minimum atomic E-state index is -2.34. The topological polar surface area (TPSA) is 26.3 Å². The first-order valence-corrected chi connectivity index (χ1v) is 27.8. The van der Waals surface area contributed by atoms with E-state index in [9.17, 15) is 0 Å². The normalized spacial score (nSPS) is 14.4. The van der Waals surface area contributed by atoms with Gasteiger partial charge in [0.25, 0.3) is 0 Å². The lowest BCUT2D eigenvalue weighted by Gasteiger charge is -2.28. The van der Waals surface area contributed by atoms with Crippen LogP contribution in [0.4, 0.5) is 0 Å². The van der Waals surface area contributed by atoms with E-state index in [4.69, 9.17) is 8.83 Å². The second kappa shape index (κ2) is 12.8. The zero-order valence-electron chi connectivity index (χ0n) is 35.1. The van der Waals surface area contributed by atoms with Crippen LogP contribution in [0.3, 0.4) is 0 Å². The monoisotopic (exact) mass is 826 g/mol. The number of para-hydroxylation sites is 2. The average Bonchev–Trinajstić information content (AvgIpc) is 4.02. The van der Waals surface area contributed by atoms with Crippen LogP contribution in [-0.2, 0) is 0 Å². The maximum absolute atomic E-state index is 6.96. The van der Waals surface area contributed by atoms with Crippen LogP contribution in [0, 0.1) is 0 Å². The van der Waals surface area contributed by atoms with Gasteiger partial charge in [0.1, 0.15) is 38.5 Å². The molecule has 11 aromatic rings. The van der Waals surface area contributed by atoms with Crippen molar-refractivity contribution in [2.45, 2.75) is 26.2 Å². The molecule has 0 N–H and O–H groups in total. The molecule has 4 heteroatoms. The molecule has 2 aliphatic rings. The molecule has 13 rings (SSSR count). The minimum Gasteiger partial charge on any atom is -0.455 e. The van der Waals surface area contributed by atoms with Crippen molar-refractivity contribution >= 4 is 80.8 Å². The molecule has 0 bridgehead atoms. The Kier molecular flexibility index (Phi) is 7.36. The summed E-state index contributed by atoms with van der Waals surface area (Å²) in [6, 6.07) is 66.7. The number of furan rings is 2. The molecule has 0 fully saturated rings. The Labute approximate surface area is 362 Å². The fourth-order valence-corrected chi connectivity index (χ4v) is 19.8. The second-order valence-electron chi connectivity index (χ2n) is 18.4. The molecule has 0 spiro atoms. The Morgan fingerprint density at radius 2 is 0.694 bits per heavy atom. The second-order valence-corrected chi connectivity index (χ2v) is 26.9. The van der Waals surface area contributed by atoms with E-state index in [-0.39, 0.29) is 0 Å². The summed E-state index contributed by atoms with van der Waals surface area (Å²) in [7, 11) is -4.69. The SMILES string of the molecule is C[Si]1(C)c2cc(-c3cccc(-c4ccccc4)c3)c3oc4ccccc4c3c2-c2ccc3c(c21)[Si](C)(C)c1cc(-c2cccc(-c4ccccc4)c2)c2oc4ccccc4c2c1-3. The molecule has 0 aliphatic carbocycles. The standard InChI is InChI=1S/C58H42O2Si2/c1-61(2)49-33-45(39-23-15-21-37(31-39)35-17-7-5-8-18-35)55-53(41-25-11-13-27-47(41)59-55)51(49)43-29-30-44-52-50(62(3,4)58(44)57(43)61)34-46(56-54(52)42-26-12-14-28-48(42)60-56)40-24-16-22-38(32-40)36-19-9-6-10-20-36/h5-34H,1-4H3. The van der Waals surface area contributed by atoms with Gasteiger partial charge in [0, 0.05) is 32.7 Å². The van der Waals surface area contributed by atoms with E-state index >= 15 is 0 Å². The third kappa shape index (κ3) is 4.85. The van der Waals surface area contributed by atoms with E-state index < -0.39 is 16.1 Å². The fraction of sp³-hybridized carbons (Fsp3) is 0.0690. The van der Waals surface area contributed by atoms with Gasteiger partial charge in [-0.2, -0.15) is 0 Å². The summed E-state index contributed by atoms with van der Waals surface area (Å²) >= 11 is 0. The lowest BCUT2D eigenvalue weighted by Crippen LogP contribution is -2.63. The van der Waals surface area contributed by atoms with Crippen LogP contribution in [0.5, 0.6) is 0 Å². The van der Waals surface area contributed by atoms with Crippen LogP contribution in [0.25, 0.3) is 111 Å². The Bertz CT molecular complexity index is 3440. The van der Waals surface area contributed by atoms with Crippen molar-refractivity contribution in [1.82, 2.24) is 0 Å². The molecule has 2 nitrogen and oxygen atoms in total. The maximum atomic E-state index is 6.96. The van der Waals surface area contributed by atoms with Gasteiger partial charge < -0.3 is 8.83 Å². The van der Waals surface area contributed by atoms with Crippen molar-refractivity contribution in [2.75, 3.05) is 0 Å². The summed E-state index contributed by atoms with van der Waals surface area (Å²) in [5, 5.41) is 11.1. The molecule has 294 valence electrons. The quantitative estimate of drug-likeness (QED) is 0.165. The van der Waals surface area contributed by atoms with Crippen molar-refractivity contribution in [2.24, 2.45) is 0 Å². The molecule has 2 aromatic heterocycles. The third-order valence-corrected chi connectivity index (χ3v) is 21.5. The molecule has 0 amide bonds. The maximum Gasteiger partial charge on any atom is 0.143 e.